The highest BCUT2D eigenvalue weighted by atomic mass is 19.3. The van der Waals surface area contributed by atoms with E-state index in [0.717, 1.165) is 61.3 Å². The molecule has 3 aromatic carbocycles. The molecule has 6 atom stereocenters. The topological polar surface area (TPSA) is 175 Å². The summed E-state index contributed by atoms with van der Waals surface area (Å²) >= 11 is 0. The molecule has 2 bridgehead atoms. The predicted molar refractivity (Wildman–Crippen MR) is 237 cm³/mol. The minimum absolute atomic E-state index is 0.0119. The molecule has 5 N–H and O–H groups in total. The van der Waals surface area contributed by atoms with Gasteiger partial charge in [0, 0.05) is 35.3 Å². The van der Waals surface area contributed by atoms with Gasteiger partial charge >= 0.3 is 12.2 Å². The van der Waals surface area contributed by atoms with Crippen molar-refractivity contribution in [3.63, 3.8) is 0 Å². The number of alkyl carbamates (subject to hydrolysis) is 2. The Morgan fingerprint density at radius 3 is 2.09 bits per heavy atom. The molecule has 10 rings (SSSR count). The van der Waals surface area contributed by atoms with Crippen LogP contribution in [0.3, 0.4) is 0 Å². The van der Waals surface area contributed by atoms with E-state index in [2.05, 4.69) is 15.6 Å². The van der Waals surface area contributed by atoms with Crippen LogP contribution in [0.25, 0.3) is 33.5 Å². The van der Waals surface area contributed by atoms with Crippen LogP contribution in [0.1, 0.15) is 89.2 Å². The lowest BCUT2D eigenvalue weighted by Crippen LogP contribution is -2.85. The van der Waals surface area contributed by atoms with Crippen molar-refractivity contribution in [2.45, 2.75) is 102 Å². The maximum atomic E-state index is 16.7. The van der Waals surface area contributed by atoms with Crippen molar-refractivity contribution >= 4 is 41.2 Å². The number of aromatic nitrogens is 2. The summed E-state index contributed by atoms with van der Waals surface area (Å²) in [5.74, 6) is -2.33. The molecule has 1 spiro atoms. The van der Waals surface area contributed by atoms with Gasteiger partial charge in [0.15, 0.2) is 5.69 Å². The van der Waals surface area contributed by atoms with E-state index < -0.39 is 30.2 Å². The maximum absolute atomic E-state index is 16.7. The second-order valence-electron chi connectivity index (χ2n) is 19.6. The van der Waals surface area contributed by atoms with Crippen molar-refractivity contribution in [2.75, 3.05) is 20.8 Å². The van der Waals surface area contributed by atoms with Gasteiger partial charge in [-0.3, -0.25) is 14.9 Å². The molecule has 4 amide bonds. The predicted octanol–water partition coefficient (Wildman–Crippen LogP) is 7.30. The lowest BCUT2D eigenvalue weighted by atomic mass is 9.95. The molecule has 4 aromatic rings. The number of benzene rings is 3. The first-order valence-electron chi connectivity index (χ1n) is 22.7. The van der Waals surface area contributed by atoms with Gasteiger partial charge in [-0.1, -0.05) is 58.0 Å². The quantitative estimate of drug-likeness (QED) is 0.121. The number of alkyl halides is 2. The number of aromatic amines is 1. The second kappa shape index (κ2) is 15.8. The molecular weight excluding hydrogens is 835 g/mol. The van der Waals surface area contributed by atoms with Gasteiger partial charge in [-0.05, 0) is 102 Å². The minimum Gasteiger partial charge on any atom is -0.453 e. The Kier molecular flexibility index (Phi) is 10.4. The van der Waals surface area contributed by atoms with E-state index in [4.69, 9.17) is 19.5 Å². The third-order valence-electron chi connectivity index (χ3n) is 14.8. The van der Waals surface area contributed by atoms with Gasteiger partial charge < -0.3 is 34.9 Å². The number of amides is 4. The molecule has 2 saturated carbocycles. The van der Waals surface area contributed by atoms with Crippen LogP contribution >= 0.6 is 0 Å². The number of hydrogen-bond acceptors (Lipinski definition) is 8. The number of halogens is 2. The molecule has 6 unspecified atom stereocenters. The fourth-order valence-electron chi connectivity index (χ4n) is 11.2. The van der Waals surface area contributed by atoms with Gasteiger partial charge in [0.05, 0.1) is 32.2 Å². The maximum Gasteiger partial charge on any atom is 0.407 e. The summed E-state index contributed by atoms with van der Waals surface area (Å²) in [4.78, 5) is 69.2. The minimum atomic E-state index is -3.28. The van der Waals surface area contributed by atoms with Crippen LogP contribution in [0.5, 0.6) is 0 Å². The molecule has 1 aromatic heterocycles. The molecule has 340 valence electrons. The van der Waals surface area contributed by atoms with Gasteiger partial charge in [0.1, 0.15) is 29.6 Å². The summed E-state index contributed by atoms with van der Waals surface area (Å²) in [6, 6.07) is 14.1. The number of methoxy groups -OCH3 is 2. The number of nitrogens with zero attached hydrogens (tertiary/aromatic N) is 4. The molecular formula is C49H55F2N8O6+. The van der Waals surface area contributed by atoms with Crippen LogP contribution in [-0.2, 0) is 25.0 Å². The van der Waals surface area contributed by atoms with E-state index in [1.54, 1.807) is 29.3 Å². The number of nitrogens with two attached hydrogens (primary N) is 1. The van der Waals surface area contributed by atoms with Crippen LogP contribution in [-0.4, -0.2) is 94.5 Å². The molecule has 6 aliphatic rings. The molecule has 0 radical (unpaired) electrons. The zero-order chi connectivity index (χ0) is 45.7. The number of imidazole rings is 1. The number of carbonyl (C=O) groups is 4. The second-order valence-corrected chi connectivity index (χ2v) is 19.6. The molecule has 65 heavy (non-hydrogen) atoms. The Balaban J connectivity index is 0.870. The van der Waals surface area contributed by atoms with Crippen molar-refractivity contribution < 1.29 is 42.7 Å². The number of H-pyrrole nitrogens is 1. The lowest BCUT2D eigenvalue weighted by Gasteiger charge is -2.37. The Morgan fingerprint density at radius 1 is 0.831 bits per heavy atom. The van der Waals surface area contributed by atoms with E-state index in [0.29, 0.717) is 40.3 Å². The van der Waals surface area contributed by atoms with Gasteiger partial charge in [0.2, 0.25) is 17.6 Å². The first-order chi connectivity index (χ1) is 31.1. The summed E-state index contributed by atoms with van der Waals surface area (Å²) in [5, 5.41) is 7.46. The zero-order valence-electron chi connectivity index (χ0n) is 37.4. The first kappa shape index (κ1) is 42.8. The summed E-state index contributed by atoms with van der Waals surface area (Å²) < 4.78 is 43.0. The van der Waals surface area contributed by atoms with Crippen molar-refractivity contribution in [3.8, 4) is 33.5 Å². The zero-order valence-corrected chi connectivity index (χ0v) is 37.4. The number of rotatable bonds is 10. The Hall–Kier alpha value is -6.16. The number of hydrogen-bond donors (Lipinski definition) is 4. The molecule has 3 aliphatic carbocycles. The number of fused-ring (bicyclic) bond motifs is 6. The van der Waals surface area contributed by atoms with Gasteiger partial charge in [0.25, 0.3) is 5.92 Å². The number of carbonyl (C=O) groups excluding carboxylic acids is 4. The molecule has 16 heteroatoms. The van der Waals surface area contributed by atoms with Gasteiger partial charge in [-0.2, -0.15) is 13.8 Å². The van der Waals surface area contributed by atoms with Crippen molar-refractivity contribution in [3.05, 3.63) is 77.7 Å². The first-order valence-corrected chi connectivity index (χ1v) is 22.7. The molecule has 3 aliphatic heterocycles. The highest BCUT2D eigenvalue weighted by Gasteiger charge is 2.56. The largest absolute Gasteiger partial charge is 0.453 e. The number of ether oxygens (including phenoxy) is 2. The third kappa shape index (κ3) is 7.24. The summed E-state index contributed by atoms with van der Waals surface area (Å²) in [5.41, 5.74) is 4.95. The van der Waals surface area contributed by atoms with Crippen LogP contribution in [0.15, 0.2) is 65.8 Å². The SMILES string of the molecule is COC(=O)NC(C(=O)N1CC2(CC2)CC1c1ncc(-c2ccc3c(c2)C(F)(F)c2cc(-c4ccc5c(c4)[NH2+]C(C4C6CCC(C6)N4C(=O)C(NC(=O)OC)C(C)C)=N5)ccc2-3)[nH]1)C(C)C. The van der Waals surface area contributed by atoms with E-state index in [9.17, 15) is 19.2 Å². The Bertz CT molecular complexity index is 2660. The number of piperidine rings is 1. The average molecular weight is 890 g/mol. The highest BCUT2D eigenvalue weighted by molar-refractivity contribution is 5.96. The number of quaternary nitrogens is 1. The summed E-state index contributed by atoms with van der Waals surface area (Å²) in [7, 11) is 2.55. The van der Waals surface area contributed by atoms with Crippen LogP contribution < -0.4 is 16.0 Å². The van der Waals surface area contributed by atoms with Gasteiger partial charge in [-0.25, -0.2) is 14.6 Å². The van der Waals surface area contributed by atoms with Crippen molar-refractivity contribution in [1.29, 1.82) is 0 Å². The Labute approximate surface area is 375 Å². The van der Waals surface area contributed by atoms with E-state index >= 15 is 8.78 Å². The average Bonchev–Trinajstić information content (AvgIpc) is 3.95. The lowest BCUT2D eigenvalue weighted by molar-refractivity contribution is -0.444. The molecule has 2 saturated heterocycles. The normalized spacial score (nSPS) is 23.6. The Morgan fingerprint density at radius 2 is 1.45 bits per heavy atom. The molecule has 14 nitrogen and oxygen atoms in total. The molecule has 4 heterocycles. The number of amidine groups is 1. The highest BCUT2D eigenvalue weighted by Crippen LogP contribution is 2.59. The summed E-state index contributed by atoms with van der Waals surface area (Å²) in [6.45, 7) is 8.10. The van der Waals surface area contributed by atoms with E-state index in [1.165, 1.54) is 20.3 Å². The molecule has 4 fully saturated rings. The summed E-state index contributed by atoms with van der Waals surface area (Å²) in [6.07, 6.45) is 5.82. The van der Waals surface area contributed by atoms with E-state index in [1.807, 2.05) is 68.2 Å². The van der Waals surface area contributed by atoms with Crippen molar-refractivity contribution in [1.82, 2.24) is 30.4 Å². The van der Waals surface area contributed by atoms with Gasteiger partial charge in [-0.15, -0.1) is 0 Å². The van der Waals surface area contributed by atoms with Crippen LogP contribution in [0, 0.1) is 23.2 Å². The third-order valence-corrected chi connectivity index (χ3v) is 14.8. The van der Waals surface area contributed by atoms with Crippen LogP contribution in [0.4, 0.5) is 29.7 Å². The monoisotopic (exact) mass is 889 g/mol. The van der Waals surface area contributed by atoms with Crippen LogP contribution in [0.2, 0.25) is 0 Å². The number of likely N-dealkylation sites (tertiary alicyclic amines) is 2. The fraction of sp³-hybridized carbons (Fsp3) is 0.469. The number of nitrogens with one attached hydrogen (secondary N) is 3. The standard InChI is InChI=1S/C49H54F2N8O6/c1-24(2)39(56-46(62)64-5)44(60)58-23-48(15-16-48)21-38(58)42-52-22-37(55-42)28-9-13-32-31-12-8-26(18-33(31)49(50,51)34(32)19-28)27-10-14-35-36(20-27)54-43(53-35)41-29-7-11-30(17-29)59(41)45(61)40(25(3)4)57-47(63)65-6/h8-10,12-14,18-20,22,24-25,29-30,38-41H,7,11,15-17,21,23H2,1-6H3,(H,52,55)(H,53,54)(H,56,62)(H,57,63)/p+1. The smallest absolute Gasteiger partial charge is 0.407 e. The number of aliphatic imine (C=N–C) groups is 1. The van der Waals surface area contributed by atoms with E-state index in [-0.39, 0.29) is 64.2 Å². The van der Waals surface area contributed by atoms with Crippen molar-refractivity contribution in [2.24, 2.45) is 28.2 Å². The fourth-order valence-corrected chi connectivity index (χ4v) is 11.2.